The van der Waals surface area contributed by atoms with E-state index < -0.39 is 0 Å². The molecule has 0 bridgehead atoms. The second-order valence-electron chi connectivity index (χ2n) is 6.42. The van der Waals surface area contributed by atoms with Crippen molar-refractivity contribution in [2.45, 2.75) is 58.9 Å². The van der Waals surface area contributed by atoms with Crippen molar-refractivity contribution in [3.05, 3.63) is 35.4 Å². The van der Waals surface area contributed by atoms with Gasteiger partial charge in [0.1, 0.15) is 0 Å². The van der Waals surface area contributed by atoms with Crippen LogP contribution >= 0.6 is 11.8 Å². The van der Waals surface area contributed by atoms with Crippen LogP contribution in [0, 0.1) is 5.92 Å². The molecule has 0 saturated heterocycles. The molecule has 0 aliphatic carbocycles. The van der Waals surface area contributed by atoms with Gasteiger partial charge < -0.3 is 5.32 Å². The molecule has 0 aliphatic heterocycles. The van der Waals surface area contributed by atoms with Crippen molar-refractivity contribution in [3.63, 3.8) is 0 Å². The first-order chi connectivity index (χ1) is 10.1. The van der Waals surface area contributed by atoms with Gasteiger partial charge in [0.25, 0.3) is 0 Å². The first kappa shape index (κ1) is 18.6. The topological polar surface area (TPSA) is 12.0 Å². The van der Waals surface area contributed by atoms with Crippen LogP contribution in [0.15, 0.2) is 24.3 Å². The van der Waals surface area contributed by atoms with Crippen LogP contribution in [-0.2, 0) is 6.42 Å². The minimum absolute atomic E-state index is 0.462. The largest absolute Gasteiger partial charge is 0.310 e. The highest BCUT2D eigenvalue weighted by Gasteiger charge is 2.05. The summed E-state index contributed by atoms with van der Waals surface area (Å²) in [4.78, 5) is 0. The minimum Gasteiger partial charge on any atom is -0.310 e. The molecule has 0 aliphatic rings. The number of unbranched alkanes of at least 4 members (excludes halogenated alkanes) is 3. The van der Waals surface area contributed by atoms with Crippen LogP contribution in [-0.4, -0.2) is 18.6 Å². The summed E-state index contributed by atoms with van der Waals surface area (Å²) < 4.78 is 0. The van der Waals surface area contributed by atoms with Crippen LogP contribution in [0.2, 0.25) is 0 Å². The molecule has 1 nitrogen and oxygen atoms in total. The second kappa shape index (κ2) is 11.1. The molecule has 1 N–H and O–H groups in total. The lowest BCUT2D eigenvalue weighted by molar-refractivity contribution is 0.537. The van der Waals surface area contributed by atoms with E-state index in [1.165, 1.54) is 49.0 Å². The fourth-order valence-electron chi connectivity index (χ4n) is 2.58. The third-order valence-corrected chi connectivity index (χ3v) is 4.55. The van der Waals surface area contributed by atoms with E-state index in [1.54, 1.807) is 0 Å². The zero-order valence-electron chi connectivity index (χ0n) is 14.3. The molecule has 2 heteroatoms. The van der Waals surface area contributed by atoms with Gasteiger partial charge in [0, 0.05) is 6.04 Å². The van der Waals surface area contributed by atoms with Crippen LogP contribution in [0.25, 0.3) is 0 Å². The maximum absolute atomic E-state index is 3.64. The predicted molar refractivity (Wildman–Crippen MR) is 98.3 cm³/mol. The maximum atomic E-state index is 3.64. The van der Waals surface area contributed by atoms with Crippen molar-refractivity contribution in [1.82, 2.24) is 5.32 Å². The van der Waals surface area contributed by atoms with E-state index in [2.05, 4.69) is 56.6 Å². The van der Waals surface area contributed by atoms with E-state index in [4.69, 9.17) is 0 Å². The molecular formula is C19H33NS. The highest BCUT2D eigenvalue weighted by atomic mass is 32.2. The predicted octanol–water partition coefficient (Wildman–Crippen LogP) is 5.46. The van der Waals surface area contributed by atoms with Crippen LogP contribution in [0.1, 0.15) is 63.6 Å². The summed E-state index contributed by atoms with van der Waals surface area (Å²) in [5, 5.41) is 3.64. The van der Waals surface area contributed by atoms with Gasteiger partial charge in [-0.15, -0.1) is 0 Å². The van der Waals surface area contributed by atoms with E-state index in [1.807, 2.05) is 11.8 Å². The van der Waals surface area contributed by atoms with Gasteiger partial charge in [0.2, 0.25) is 0 Å². The fraction of sp³-hybridized carbons (Fsp3) is 0.684. The van der Waals surface area contributed by atoms with Crippen LogP contribution in [0.4, 0.5) is 0 Å². The van der Waals surface area contributed by atoms with Gasteiger partial charge in [-0.05, 0) is 61.8 Å². The number of benzene rings is 1. The lowest BCUT2D eigenvalue weighted by Gasteiger charge is -2.15. The summed E-state index contributed by atoms with van der Waals surface area (Å²) in [5.41, 5.74) is 2.86. The van der Waals surface area contributed by atoms with E-state index in [9.17, 15) is 0 Å². The first-order valence-corrected chi connectivity index (χ1v) is 9.84. The van der Waals surface area contributed by atoms with Crippen LogP contribution in [0.3, 0.4) is 0 Å². The van der Waals surface area contributed by atoms with E-state index in [0.717, 1.165) is 12.5 Å². The summed E-state index contributed by atoms with van der Waals surface area (Å²) in [6.45, 7) is 7.95. The number of hydrogen-bond donors (Lipinski definition) is 1. The summed E-state index contributed by atoms with van der Waals surface area (Å²) in [7, 11) is 0. The zero-order chi connectivity index (χ0) is 15.5. The fourth-order valence-corrected chi connectivity index (χ4v) is 3.07. The molecule has 1 aromatic carbocycles. The number of hydrogen-bond acceptors (Lipinski definition) is 2. The molecule has 0 radical (unpaired) electrons. The van der Waals surface area contributed by atoms with Crippen molar-refractivity contribution in [1.29, 1.82) is 0 Å². The average molecular weight is 308 g/mol. The second-order valence-corrected chi connectivity index (χ2v) is 7.41. The van der Waals surface area contributed by atoms with Gasteiger partial charge in [-0.2, -0.15) is 11.8 Å². The number of nitrogens with one attached hydrogen (secondary N) is 1. The summed E-state index contributed by atoms with van der Waals surface area (Å²) in [5.74, 6) is 2.05. The quantitative estimate of drug-likeness (QED) is 0.545. The average Bonchev–Trinajstić information content (AvgIpc) is 2.46. The van der Waals surface area contributed by atoms with Gasteiger partial charge in [-0.25, -0.2) is 0 Å². The van der Waals surface area contributed by atoms with Crippen molar-refractivity contribution in [2.75, 3.05) is 18.6 Å². The maximum Gasteiger partial charge on any atom is 0.0291 e. The van der Waals surface area contributed by atoms with Crippen molar-refractivity contribution in [3.8, 4) is 0 Å². The molecule has 1 aromatic rings. The van der Waals surface area contributed by atoms with Crippen molar-refractivity contribution < 1.29 is 0 Å². The molecule has 0 spiro atoms. The van der Waals surface area contributed by atoms with Gasteiger partial charge in [-0.1, -0.05) is 51.0 Å². The van der Waals surface area contributed by atoms with E-state index in [-0.39, 0.29) is 0 Å². The summed E-state index contributed by atoms with van der Waals surface area (Å²) >= 11 is 1.96. The molecule has 0 heterocycles. The Kier molecular flexibility index (Phi) is 9.86. The molecule has 0 saturated carbocycles. The van der Waals surface area contributed by atoms with Gasteiger partial charge in [0.05, 0.1) is 0 Å². The third-order valence-electron chi connectivity index (χ3n) is 3.85. The van der Waals surface area contributed by atoms with Crippen molar-refractivity contribution in [2.24, 2.45) is 5.92 Å². The monoisotopic (exact) mass is 307 g/mol. The molecule has 21 heavy (non-hydrogen) atoms. The Bertz CT molecular complexity index is 358. The molecule has 0 fully saturated rings. The Morgan fingerprint density at radius 2 is 1.62 bits per heavy atom. The van der Waals surface area contributed by atoms with E-state index in [0.29, 0.717) is 6.04 Å². The van der Waals surface area contributed by atoms with Gasteiger partial charge in [-0.3, -0.25) is 0 Å². The Hall–Kier alpha value is -0.470. The molecule has 1 atom stereocenters. The lowest BCUT2D eigenvalue weighted by atomic mass is 10.00. The van der Waals surface area contributed by atoms with E-state index >= 15 is 0 Å². The summed E-state index contributed by atoms with van der Waals surface area (Å²) in [6.07, 6.45) is 8.76. The smallest absolute Gasteiger partial charge is 0.0291 e. The lowest BCUT2D eigenvalue weighted by Crippen LogP contribution is -2.19. The zero-order valence-corrected chi connectivity index (χ0v) is 15.1. The van der Waals surface area contributed by atoms with Crippen LogP contribution < -0.4 is 5.32 Å². The number of rotatable bonds is 11. The Balaban J connectivity index is 2.21. The molecule has 1 rings (SSSR count). The number of thioether (sulfide) groups is 1. The SMILES string of the molecule is CSCCCCCCNC(C)c1ccc(CC(C)C)cc1. The van der Waals surface area contributed by atoms with Crippen molar-refractivity contribution >= 4 is 11.8 Å². The molecule has 120 valence electrons. The third kappa shape index (κ3) is 8.53. The normalized spacial score (nSPS) is 12.8. The standard InChI is InChI=1S/C19H33NS/c1-16(2)15-18-9-11-19(12-10-18)17(3)20-13-7-5-6-8-14-21-4/h9-12,16-17,20H,5-8,13-15H2,1-4H3. The summed E-state index contributed by atoms with van der Waals surface area (Å²) in [6, 6.07) is 9.61. The first-order valence-electron chi connectivity index (χ1n) is 8.44. The highest BCUT2D eigenvalue weighted by molar-refractivity contribution is 7.98. The van der Waals surface area contributed by atoms with Crippen LogP contribution in [0.5, 0.6) is 0 Å². The molecular weight excluding hydrogens is 274 g/mol. The Morgan fingerprint density at radius 3 is 2.24 bits per heavy atom. The van der Waals surface area contributed by atoms with Gasteiger partial charge >= 0.3 is 0 Å². The molecule has 1 unspecified atom stereocenters. The molecule has 0 aromatic heterocycles. The molecule has 0 amide bonds. The van der Waals surface area contributed by atoms with Gasteiger partial charge in [0.15, 0.2) is 0 Å². The minimum atomic E-state index is 0.462. The Morgan fingerprint density at radius 1 is 0.952 bits per heavy atom. The Labute approximate surface area is 136 Å². The highest BCUT2D eigenvalue weighted by Crippen LogP contribution is 2.15.